The lowest BCUT2D eigenvalue weighted by molar-refractivity contribution is -0.125. The van der Waals surface area contributed by atoms with Gasteiger partial charge in [0.25, 0.3) is 0 Å². The van der Waals surface area contributed by atoms with Crippen LogP contribution in [0.5, 0.6) is 0 Å². The van der Waals surface area contributed by atoms with E-state index in [0.717, 1.165) is 0 Å². The van der Waals surface area contributed by atoms with Crippen LogP contribution >= 0.6 is 11.8 Å². The van der Waals surface area contributed by atoms with E-state index in [1.54, 1.807) is 0 Å². The van der Waals surface area contributed by atoms with Crippen molar-refractivity contribution < 1.29 is 24.2 Å². The van der Waals surface area contributed by atoms with E-state index in [1.807, 2.05) is 13.8 Å². The number of Topliss-reactive ketones (excluding diaryl/α,β-unsaturated/α-hetero) is 1. The third kappa shape index (κ3) is 13.1. The summed E-state index contributed by atoms with van der Waals surface area (Å²) in [5.74, 6) is 1.29. The number of aliphatic hydroxyl groups excluding tert-OH is 1. The lowest BCUT2D eigenvalue weighted by Gasteiger charge is -2.17. The molecule has 0 aromatic rings. The van der Waals surface area contributed by atoms with Crippen LogP contribution < -0.4 is 5.32 Å². The highest BCUT2D eigenvalue weighted by atomic mass is 32.2. The van der Waals surface area contributed by atoms with Crippen molar-refractivity contribution in [1.29, 1.82) is 0 Å². The van der Waals surface area contributed by atoms with Gasteiger partial charge in [-0.05, 0) is 19.3 Å². The fourth-order valence-corrected chi connectivity index (χ4v) is 2.35. The monoisotopic (exact) mass is 335 g/mol. The second kappa shape index (κ2) is 14.0. The zero-order chi connectivity index (χ0) is 16.8. The molecule has 2 N–H and O–H groups in total. The van der Waals surface area contributed by atoms with Crippen LogP contribution in [0.2, 0.25) is 0 Å². The molecule has 0 heterocycles. The summed E-state index contributed by atoms with van der Waals surface area (Å²) in [4.78, 5) is 23.2. The highest BCUT2D eigenvalue weighted by molar-refractivity contribution is 7.99. The van der Waals surface area contributed by atoms with Crippen LogP contribution in [0.3, 0.4) is 0 Å². The van der Waals surface area contributed by atoms with Gasteiger partial charge in [-0.25, -0.2) is 0 Å². The van der Waals surface area contributed by atoms with Crippen molar-refractivity contribution in [3.63, 3.8) is 0 Å². The molecule has 0 aromatic carbocycles. The number of ether oxygens (including phenoxy) is 2. The Kier molecular flexibility index (Phi) is 13.6. The number of hydrogen-bond acceptors (Lipinski definition) is 6. The number of aliphatic hydroxyl groups is 1. The first-order chi connectivity index (χ1) is 10.5. The van der Waals surface area contributed by atoms with Gasteiger partial charge in [0.2, 0.25) is 5.91 Å². The van der Waals surface area contributed by atoms with Gasteiger partial charge in [-0.1, -0.05) is 13.8 Å². The summed E-state index contributed by atoms with van der Waals surface area (Å²) < 4.78 is 10.4. The molecule has 0 spiro atoms. The average Bonchev–Trinajstić information content (AvgIpc) is 2.44. The van der Waals surface area contributed by atoms with E-state index in [-0.39, 0.29) is 24.3 Å². The molecule has 0 saturated carbocycles. The minimum absolute atomic E-state index is 0.00161. The molecule has 0 unspecified atom stereocenters. The summed E-state index contributed by atoms with van der Waals surface area (Å²) in [5.41, 5.74) is 0. The van der Waals surface area contributed by atoms with Crippen LogP contribution in [0.25, 0.3) is 0 Å². The smallest absolute Gasteiger partial charge is 0.230 e. The van der Waals surface area contributed by atoms with Gasteiger partial charge in [0, 0.05) is 5.75 Å². The Morgan fingerprint density at radius 2 is 1.77 bits per heavy atom. The number of thioether (sulfide) groups is 1. The molecule has 6 nitrogen and oxygen atoms in total. The predicted molar refractivity (Wildman–Crippen MR) is 88.1 cm³/mol. The first kappa shape index (κ1) is 21.4. The van der Waals surface area contributed by atoms with Crippen molar-refractivity contribution in [2.75, 3.05) is 44.5 Å². The molecule has 0 aliphatic carbocycles. The molecule has 0 aromatic heterocycles. The standard InChI is InChI=1S/C15H29NO5S/c1-12(2)10-14(13(3)18)16-15(19)11-22-9-8-21-7-6-20-5-4-17/h12,14,17H,4-11H2,1-3H3,(H,16,19)/t14-/m0/s1. The molecule has 130 valence electrons. The third-order valence-corrected chi connectivity index (χ3v) is 3.67. The molecule has 7 heteroatoms. The summed E-state index contributed by atoms with van der Waals surface area (Å²) in [7, 11) is 0. The summed E-state index contributed by atoms with van der Waals surface area (Å²) in [5, 5.41) is 11.3. The SMILES string of the molecule is CC(=O)[C@H](CC(C)C)NC(=O)CSCCOCCOCCO. The maximum atomic E-state index is 11.8. The van der Waals surface area contributed by atoms with Crippen LogP contribution in [-0.2, 0) is 19.1 Å². The number of amides is 1. The van der Waals surface area contributed by atoms with Gasteiger partial charge in [-0.15, -0.1) is 11.8 Å². The van der Waals surface area contributed by atoms with Crippen LogP contribution in [0.4, 0.5) is 0 Å². The third-order valence-electron chi connectivity index (χ3n) is 2.75. The number of carbonyl (C=O) groups is 2. The van der Waals surface area contributed by atoms with Gasteiger partial charge < -0.3 is 19.9 Å². The highest BCUT2D eigenvalue weighted by Gasteiger charge is 2.17. The lowest BCUT2D eigenvalue weighted by Crippen LogP contribution is -2.41. The van der Waals surface area contributed by atoms with Crippen LogP contribution in [0, 0.1) is 5.92 Å². The van der Waals surface area contributed by atoms with E-state index in [4.69, 9.17) is 14.6 Å². The highest BCUT2D eigenvalue weighted by Crippen LogP contribution is 2.06. The Morgan fingerprint density at radius 3 is 2.32 bits per heavy atom. The molecule has 1 atom stereocenters. The second-order valence-corrected chi connectivity index (χ2v) is 6.47. The number of hydrogen-bond donors (Lipinski definition) is 2. The lowest BCUT2D eigenvalue weighted by atomic mass is 10.0. The molecule has 0 rings (SSSR count). The molecule has 22 heavy (non-hydrogen) atoms. The van der Waals surface area contributed by atoms with Crippen LogP contribution in [0.1, 0.15) is 27.2 Å². The minimum atomic E-state index is -0.381. The quantitative estimate of drug-likeness (QED) is 0.458. The molecule has 0 fully saturated rings. The number of rotatable bonds is 14. The normalized spacial score (nSPS) is 12.4. The van der Waals surface area contributed by atoms with E-state index in [1.165, 1.54) is 18.7 Å². The molecule has 1 amide bonds. The van der Waals surface area contributed by atoms with Crippen LogP contribution in [-0.4, -0.2) is 67.4 Å². The van der Waals surface area contributed by atoms with Crippen molar-refractivity contribution in [1.82, 2.24) is 5.32 Å². The van der Waals surface area contributed by atoms with Crippen molar-refractivity contribution in [2.45, 2.75) is 33.2 Å². The van der Waals surface area contributed by atoms with Gasteiger partial charge in [0.1, 0.15) is 0 Å². The van der Waals surface area contributed by atoms with E-state index in [0.29, 0.717) is 50.3 Å². The Balaban J connectivity index is 3.61. The zero-order valence-electron chi connectivity index (χ0n) is 13.8. The van der Waals surface area contributed by atoms with Gasteiger partial charge in [-0.2, -0.15) is 0 Å². The molecular formula is C15H29NO5S. The van der Waals surface area contributed by atoms with Gasteiger partial charge >= 0.3 is 0 Å². The summed E-state index contributed by atoms with van der Waals surface area (Å²) in [6.45, 7) is 7.39. The summed E-state index contributed by atoms with van der Waals surface area (Å²) >= 11 is 1.47. The molecule has 0 saturated heterocycles. The van der Waals surface area contributed by atoms with E-state index in [2.05, 4.69) is 5.32 Å². The largest absolute Gasteiger partial charge is 0.394 e. The Bertz CT molecular complexity index is 312. The van der Waals surface area contributed by atoms with Gasteiger partial charge in [0.15, 0.2) is 5.78 Å². The first-order valence-corrected chi connectivity index (χ1v) is 8.76. The fraction of sp³-hybridized carbons (Fsp3) is 0.867. The molecule has 0 bridgehead atoms. The molecule has 0 aliphatic heterocycles. The Morgan fingerprint density at radius 1 is 1.14 bits per heavy atom. The van der Waals surface area contributed by atoms with Crippen molar-refractivity contribution in [3.05, 3.63) is 0 Å². The summed E-state index contributed by atoms with van der Waals surface area (Å²) in [6, 6.07) is -0.381. The maximum Gasteiger partial charge on any atom is 0.230 e. The van der Waals surface area contributed by atoms with E-state index in [9.17, 15) is 9.59 Å². The van der Waals surface area contributed by atoms with Crippen molar-refractivity contribution in [3.8, 4) is 0 Å². The number of carbonyl (C=O) groups excluding carboxylic acids is 2. The van der Waals surface area contributed by atoms with E-state index < -0.39 is 0 Å². The van der Waals surface area contributed by atoms with Crippen LogP contribution in [0.15, 0.2) is 0 Å². The van der Waals surface area contributed by atoms with Crippen molar-refractivity contribution in [2.24, 2.45) is 5.92 Å². The second-order valence-electron chi connectivity index (χ2n) is 5.36. The molecular weight excluding hydrogens is 306 g/mol. The zero-order valence-corrected chi connectivity index (χ0v) is 14.6. The maximum absolute atomic E-state index is 11.8. The topological polar surface area (TPSA) is 84.9 Å². The Labute approximate surface area is 137 Å². The number of nitrogens with one attached hydrogen (secondary N) is 1. The number of ketones is 1. The predicted octanol–water partition coefficient (Wildman–Crippen LogP) is 0.865. The van der Waals surface area contributed by atoms with Gasteiger partial charge in [-0.3, -0.25) is 9.59 Å². The van der Waals surface area contributed by atoms with Crippen molar-refractivity contribution >= 4 is 23.5 Å². The van der Waals surface area contributed by atoms with Gasteiger partial charge in [0.05, 0.1) is 44.8 Å². The fourth-order valence-electron chi connectivity index (χ4n) is 1.70. The molecule has 0 radical (unpaired) electrons. The minimum Gasteiger partial charge on any atom is -0.394 e. The Hall–Kier alpha value is -0.630. The molecule has 0 aliphatic rings. The first-order valence-electron chi connectivity index (χ1n) is 7.61. The average molecular weight is 335 g/mol. The van der Waals surface area contributed by atoms with E-state index >= 15 is 0 Å². The summed E-state index contributed by atoms with van der Waals surface area (Å²) in [6.07, 6.45) is 0.669.